The average molecular weight is 197 g/mol. The molecule has 12 heavy (non-hydrogen) atoms. The van der Waals surface area contributed by atoms with Crippen molar-refractivity contribution in [3.63, 3.8) is 0 Å². The van der Waals surface area contributed by atoms with E-state index in [1.165, 1.54) is 0 Å². The molecule has 1 heterocycles. The summed E-state index contributed by atoms with van der Waals surface area (Å²) in [5.74, 6) is -0.990. The Hall–Kier alpha value is -0.910. The van der Waals surface area contributed by atoms with E-state index in [0.29, 0.717) is 6.07 Å². The van der Waals surface area contributed by atoms with Gasteiger partial charge >= 0.3 is 6.18 Å². The van der Waals surface area contributed by atoms with Crippen LogP contribution in [-0.4, -0.2) is 4.98 Å². The lowest BCUT2D eigenvalue weighted by Gasteiger charge is -2.05. The summed E-state index contributed by atoms with van der Waals surface area (Å²) >= 11 is 4.32. The highest BCUT2D eigenvalue weighted by atomic mass is 32.1. The van der Waals surface area contributed by atoms with E-state index in [9.17, 15) is 17.6 Å². The van der Waals surface area contributed by atoms with Gasteiger partial charge in [0.05, 0.1) is 5.56 Å². The van der Waals surface area contributed by atoms with Crippen molar-refractivity contribution in [2.75, 3.05) is 0 Å². The van der Waals surface area contributed by atoms with Gasteiger partial charge in [0.15, 0.2) is 0 Å². The Labute approximate surface area is 70.0 Å². The minimum atomic E-state index is -4.60. The second-order valence-corrected chi connectivity index (χ2v) is 2.47. The van der Waals surface area contributed by atoms with Crippen LogP contribution in [0.25, 0.3) is 0 Å². The second-order valence-electron chi connectivity index (χ2n) is 2.06. The normalized spacial score (nSPS) is 11.7. The third kappa shape index (κ3) is 1.82. The van der Waals surface area contributed by atoms with Crippen LogP contribution in [0.4, 0.5) is 17.6 Å². The minimum absolute atomic E-state index is 0.360. The SMILES string of the molecule is Fc1c[nH]c(=S)c(C(F)(F)F)c1. The van der Waals surface area contributed by atoms with Gasteiger partial charge in [-0.15, -0.1) is 0 Å². The fourth-order valence-corrected chi connectivity index (χ4v) is 0.901. The molecule has 1 aromatic rings. The molecule has 0 saturated heterocycles. The number of nitrogens with one attached hydrogen (secondary N) is 1. The largest absolute Gasteiger partial charge is 0.419 e. The number of rotatable bonds is 0. The number of hydrogen-bond acceptors (Lipinski definition) is 1. The molecule has 0 aliphatic rings. The summed E-state index contributed by atoms with van der Waals surface area (Å²) in [5.41, 5.74) is -1.16. The zero-order valence-corrected chi connectivity index (χ0v) is 6.39. The molecule has 0 unspecified atom stereocenters. The Balaban J connectivity index is 3.33. The van der Waals surface area contributed by atoms with E-state index in [1.54, 1.807) is 0 Å². The summed E-state index contributed by atoms with van der Waals surface area (Å²) in [6, 6.07) is 0.360. The van der Waals surface area contributed by atoms with E-state index < -0.39 is 22.2 Å². The maximum absolute atomic E-state index is 12.3. The summed E-state index contributed by atoms with van der Waals surface area (Å²) in [7, 11) is 0. The molecule has 0 radical (unpaired) electrons. The van der Waals surface area contributed by atoms with Gasteiger partial charge in [0, 0.05) is 6.20 Å². The average Bonchev–Trinajstić information content (AvgIpc) is 1.92. The van der Waals surface area contributed by atoms with Gasteiger partial charge in [0.25, 0.3) is 0 Å². The van der Waals surface area contributed by atoms with E-state index in [-0.39, 0.29) is 0 Å². The Kier molecular flexibility index (Phi) is 2.18. The lowest BCUT2D eigenvalue weighted by molar-refractivity contribution is -0.138. The standard InChI is InChI=1S/C6H3F4NS/c7-3-1-4(6(8,9)10)5(12)11-2-3/h1-2H,(H,11,12). The first-order valence-corrected chi connectivity index (χ1v) is 3.27. The predicted molar refractivity (Wildman–Crippen MR) is 36.6 cm³/mol. The Morgan fingerprint density at radius 1 is 1.33 bits per heavy atom. The molecular formula is C6H3F4NS. The topological polar surface area (TPSA) is 15.8 Å². The zero-order valence-electron chi connectivity index (χ0n) is 5.57. The first kappa shape index (κ1) is 9.18. The van der Waals surface area contributed by atoms with Crippen molar-refractivity contribution < 1.29 is 17.6 Å². The summed E-state index contributed by atoms with van der Waals surface area (Å²) in [6.07, 6.45) is -3.83. The number of alkyl halides is 3. The Morgan fingerprint density at radius 2 is 1.92 bits per heavy atom. The molecule has 0 aromatic carbocycles. The van der Waals surface area contributed by atoms with Crippen LogP contribution in [0.2, 0.25) is 0 Å². The number of halogens is 4. The molecule has 66 valence electrons. The molecule has 1 aromatic heterocycles. The number of H-pyrrole nitrogens is 1. The lowest BCUT2D eigenvalue weighted by Crippen LogP contribution is -2.07. The number of pyridine rings is 1. The summed E-state index contributed by atoms with van der Waals surface area (Å²) in [5, 5.41) is 0. The molecule has 0 spiro atoms. The summed E-state index contributed by atoms with van der Waals surface area (Å²) < 4.78 is 47.7. The van der Waals surface area contributed by atoms with E-state index >= 15 is 0 Å². The first-order valence-electron chi connectivity index (χ1n) is 2.86. The van der Waals surface area contributed by atoms with Crippen LogP contribution in [0, 0.1) is 10.5 Å². The third-order valence-corrected chi connectivity index (χ3v) is 1.51. The monoisotopic (exact) mass is 197 g/mol. The molecule has 0 aliphatic heterocycles. The van der Waals surface area contributed by atoms with Gasteiger partial charge < -0.3 is 4.98 Å². The molecular weight excluding hydrogens is 194 g/mol. The molecule has 0 bridgehead atoms. The lowest BCUT2D eigenvalue weighted by atomic mass is 10.3. The molecule has 0 saturated carbocycles. The highest BCUT2D eigenvalue weighted by molar-refractivity contribution is 7.71. The predicted octanol–water partition coefficient (Wildman–Crippen LogP) is 2.90. The van der Waals surface area contributed by atoms with Crippen LogP contribution in [0.3, 0.4) is 0 Å². The third-order valence-electron chi connectivity index (χ3n) is 1.17. The van der Waals surface area contributed by atoms with Crippen LogP contribution in [0.1, 0.15) is 5.56 Å². The van der Waals surface area contributed by atoms with Crippen molar-refractivity contribution in [1.29, 1.82) is 0 Å². The number of aromatic nitrogens is 1. The van der Waals surface area contributed by atoms with Crippen LogP contribution in [-0.2, 0) is 6.18 Å². The molecule has 0 aliphatic carbocycles. The van der Waals surface area contributed by atoms with Crippen molar-refractivity contribution in [3.8, 4) is 0 Å². The number of aromatic amines is 1. The zero-order chi connectivity index (χ0) is 9.35. The summed E-state index contributed by atoms with van der Waals surface area (Å²) in [4.78, 5) is 1.99. The van der Waals surface area contributed by atoms with Crippen LogP contribution >= 0.6 is 12.2 Å². The molecule has 6 heteroatoms. The van der Waals surface area contributed by atoms with Gasteiger partial charge in [-0.25, -0.2) is 4.39 Å². The van der Waals surface area contributed by atoms with Crippen molar-refractivity contribution >= 4 is 12.2 Å². The van der Waals surface area contributed by atoms with E-state index in [2.05, 4.69) is 12.2 Å². The Bertz CT molecular complexity index is 340. The molecule has 1 nitrogen and oxygen atoms in total. The molecule has 0 amide bonds. The van der Waals surface area contributed by atoms with E-state index in [0.717, 1.165) is 6.20 Å². The van der Waals surface area contributed by atoms with Gasteiger partial charge in [-0.2, -0.15) is 13.2 Å². The molecule has 1 rings (SSSR count). The molecule has 0 fully saturated rings. The summed E-state index contributed by atoms with van der Waals surface area (Å²) in [6.45, 7) is 0. The first-order chi connectivity index (χ1) is 5.41. The molecule has 0 atom stereocenters. The fraction of sp³-hybridized carbons (Fsp3) is 0.167. The van der Waals surface area contributed by atoms with Gasteiger partial charge in [-0.05, 0) is 6.07 Å². The maximum atomic E-state index is 12.3. The van der Waals surface area contributed by atoms with Crippen molar-refractivity contribution in [2.45, 2.75) is 6.18 Å². The van der Waals surface area contributed by atoms with Gasteiger partial charge in [0.2, 0.25) is 0 Å². The van der Waals surface area contributed by atoms with E-state index in [4.69, 9.17) is 0 Å². The minimum Gasteiger partial charge on any atom is -0.350 e. The van der Waals surface area contributed by atoms with Crippen LogP contribution in [0.5, 0.6) is 0 Å². The second kappa shape index (κ2) is 2.85. The fourth-order valence-electron chi connectivity index (χ4n) is 0.668. The van der Waals surface area contributed by atoms with Crippen LogP contribution < -0.4 is 0 Å². The van der Waals surface area contributed by atoms with E-state index in [1.807, 2.05) is 4.98 Å². The maximum Gasteiger partial charge on any atom is 0.419 e. The van der Waals surface area contributed by atoms with Gasteiger partial charge in [-0.1, -0.05) is 12.2 Å². The number of hydrogen-bond donors (Lipinski definition) is 1. The van der Waals surface area contributed by atoms with Gasteiger partial charge in [-0.3, -0.25) is 0 Å². The quantitative estimate of drug-likeness (QED) is 0.499. The molecule has 1 N–H and O–H groups in total. The highest BCUT2D eigenvalue weighted by Gasteiger charge is 2.32. The van der Waals surface area contributed by atoms with Crippen LogP contribution in [0.15, 0.2) is 12.3 Å². The van der Waals surface area contributed by atoms with Crippen molar-refractivity contribution in [3.05, 3.63) is 28.3 Å². The van der Waals surface area contributed by atoms with Gasteiger partial charge in [0.1, 0.15) is 10.5 Å². The highest BCUT2D eigenvalue weighted by Crippen LogP contribution is 2.29. The smallest absolute Gasteiger partial charge is 0.350 e. The van der Waals surface area contributed by atoms with Crippen molar-refractivity contribution in [1.82, 2.24) is 4.98 Å². The Morgan fingerprint density at radius 3 is 2.33 bits per heavy atom. The van der Waals surface area contributed by atoms with Crippen molar-refractivity contribution in [2.24, 2.45) is 0 Å².